The highest BCUT2D eigenvalue weighted by Crippen LogP contribution is 2.36. The number of hydrogen-bond donors (Lipinski definition) is 1. The standard InChI is InChI=1S/C27H24ClF2N7O4S/c1-4-20(38)35-10-11-36(14(2)13-35)25-15-12-17(30)22(21-16(29)6-5-7-18(21)31)33-26(15)37(27(39)34-25)23-19(42(3,40)41)8-9-32-24(23)28/h4-9,12,14H,1,10-11,13,31H2,2-3H3/t14-/m0/s1. The molecule has 1 atom stereocenters. The van der Waals surface area contributed by atoms with Crippen LogP contribution < -0.4 is 16.3 Å². The van der Waals surface area contributed by atoms with E-state index in [2.05, 4.69) is 21.5 Å². The lowest BCUT2D eigenvalue weighted by Crippen LogP contribution is -2.54. The van der Waals surface area contributed by atoms with Crippen molar-refractivity contribution in [2.45, 2.75) is 17.9 Å². The maximum Gasteiger partial charge on any atom is 0.355 e. The van der Waals surface area contributed by atoms with Crippen LogP contribution in [-0.2, 0) is 14.6 Å². The topological polar surface area (TPSA) is 144 Å². The molecular weight excluding hydrogens is 592 g/mol. The number of amides is 1. The van der Waals surface area contributed by atoms with Crippen LogP contribution in [0.15, 0.2) is 58.9 Å². The summed E-state index contributed by atoms with van der Waals surface area (Å²) >= 11 is 6.35. The van der Waals surface area contributed by atoms with E-state index >= 15 is 4.39 Å². The number of rotatable bonds is 5. The Morgan fingerprint density at radius 2 is 1.93 bits per heavy atom. The van der Waals surface area contributed by atoms with Gasteiger partial charge in [0.1, 0.15) is 23.0 Å². The van der Waals surface area contributed by atoms with Crippen molar-refractivity contribution in [1.82, 2.24) is 24.4 Å². The highest BCUT2D eigenvalue weighted by atomic mass is 35.5. The molecule has 11 nitrogen and oxygen atoms in total. The third-order valence-corrected chi connectivity index (χ3v) is 8.34. The number of hydrogen-bond acceptors (Lipinski definition) is 9. The molecule has 1 aromatic carbocycles. The number of nitrogen functional groups attached to an aromatic ring is 1. The second kappa shape index (κ2) is 10.8. The SMILES string of the molecule is C=CC(=O)N1CCN(c2nc(=O)n(-c3c(S(C)(=O)=O)ccnc3Cl)c3nc(-c4c(N)cccc4F)c(F)cc23)[C@@H](C)C1. The average molecular weight is 616 g/mol. The van der Waals surface area contributed by atoms with Crippen LogP contribution in [0.4, 0.5) is 20.3 Å². The Morgan fingerprint density at radius 1 is 1.19 bits per heavy atom. The van der Waals surface area contributed by atoms with Crippen LogP contribution >= 0.6 is 11.6 Å². The molecule has 4 aromatic rings. The molecule has 15 heteroatoms. The lowest BCUT2D eigenvalue weighted by Gasteiger charge is -2.40. The first-order chi connectivity index (χ1) is 19.8. The molecule has 1 aliphatic rings. The maximum atomic E-state index is 15.8. The van der Waals surface area contributed by atoms with Gasteiger partial charge in [0.15, 0.2) is 26.5 Å². The lowest BCUT2D eigenvalue weighted by molar-refractivity contribution is -0.126. The van der Waals surface area contributed by atoms with Gasteiger partial charge in [-0.15, -0.1) is 0 Å². The van der Waals surface area contributed by atoms with Gasteiger partial charge in [0.25, 0.3) is 0 Å². The molecule has 218 valence electrons. The highest BCUT2D eigenvalue weighted by molar-refractivity contribution is 7.90. The second-order valence-electron chi connectivity index (χ2n) is 9.70. The third kappa shape index (κ3) is 4.96. The fourth-order valence-corrected chi connectivity index (χ4v) is 6.15. The number of piperazine rings is 1. The molecule has 1 saturated heterocycles. The van der Waals surface area contributed by atoms with Gasteiger partial charge in [0.2, 0.25) is 5.91 Å². The number of nitrogens with zero attached hydrogens (tertiary/aromatic N) is 6. The van der Waals surface area contributed by atoms with Gasteiger partial charge in [0.05, 0.1) is 15.8 Å². The number of nitrogens with two attached hydrogens (primary N) is 1. The number of anilines is 2. The number of aromatic nitrogens is 4. The first kappa shape index (κ1) is 29.1. The zero-order valence-corrected chi connectivity index (χ0v) is 24.0. The lowest BCUT2D eigenvalue weighted by atomic mass is 10.1. The zero-order valence-electron chi connectivity index (χ0n) is 22.4. The fraction of sp³-hybridized carbons (Fsp3) is 0.222. The Labute approximate surface area is 243 Å². The quantitative estimate of drug-likeness (QED) is 0.203. The molecule has 0 aliphatic carbocycles. The van der Waals surface area contributed by atoms with Crippen molar-refractivity contribution in [2.75, 3.05) is 36.5 Å². The van der Waals surface area contributed by atoms with Gasteiger partial charge in [-0.25, -0.2) is 36.5 Å². The molecule has 1 amide bonds. The predicted octanol–water partition coefficient (Wildman–Crippen LogP) is 2.98. The monoisotopic (exact) mass is 615 g/mol. The number of halogens is 3. The van der Waals surface area contributed by atoms with Crippen molar-refractivity contribution in [2.24, 2.45) is 0 Å². The van der Waals surface area contributed by atoms with Gasteiger partial charge in [-0.05, 0) is 37.3 Å². The number of fused-ring (bicyclic) bond motifs is 1. The van der Waals surface area contributed by atoms with Gasteiger partial charge in [0, 0.05) is 43.8 Å². The van der Waals surface area contributed by atoms with Crippen molar-refractivity contribution < 1.29 is 22.0 Å². The summed E-state index contributed by atoms with van der Waals surface area (Å²) in [7, 11) is -3.98. The van der Waals surface area contributed by atoms with Crippen LogP contribution in [0.25, 0.3) is 28.0 Å². The Bertz CT molecular complexity index is 1930. The summed E-state index contributed by atoms with van der Waals surface area (Å²) in [5, 5.41) is -0.362. The summed E-state index contributed by atoms with van der Waals surface area (Å²) in [4.78, 5) is 41.4. The Morgan fingerprint density at radius 3 is 2.57 bits per heavy atom. The van der Waals surface area contributed by atoms with E-state index in [1.807, 2.05) is 0 Å². The molecule has 1 fully saturated rings. The van der Waals surface area contributed by atoms with Crippen molar-refractivity contribution >= 4 is 49.9 Å². The molecule has 0 saturated carbocycles. The van der Waals surface area contributed by atoms with Gasteiger partial charge < -0.3 is 15.5 Å². The Balaban J connectivity index is 1.86. The first-order valence-corrected chi connectivity index (χ1v) is 14.8. The minimum Gasteiger partial charge on any atom is -0.398 e. The summed E-state index contributed by atoms with van der Waals surface area (Å²) in [5.74, 6) is -2.07. The third-order valence-electron chi connectivity index (χ3n) is 6.94. The molecule has 5 rings (SSSR count). The fourth-order valence-electron chi connectivity index (χ4n) is 5.01. The van der Waals surface area contributed by atoms with Gasteiger partial charge in [-0.3, -0.25) is 4.79 Å². The number of benzene rings is 1. The zero-order chi connectivity index (χ0) is 30.5. The van der Waals surface area contributed by atoms with E-state index in [4.69, 9.17) is 17.3 Å². The van der Waals surface area contributed by atoms with Crippen molar-refractivity contribution in [3.63, 3.8) is 0 Å². The molecule has 2 N–H and O–H groups in total. The highest BCUT2D eigenvalue weighted by Gasteiger charge is 2.31. The number of pyridine rings is 2. The average Bonchev–Trinajstić information content (AvgIpc) is 2.92. The Hall–Kier alpha value is -4.43. The molecule has 0 unspecified atom stereocenters. The largest absolute Gasteiger partial charge is 0.398 e. The number of carbonyl (C=O) groups excluding carboxylic acids is 1. The molecule has 42 heavy (non-hydrogen) atoms. The van der Waals surface area contributed by atoms with Crippen LogP contribution in [0, 0.1) is 11.6 Å². The summed E-state index contributed by atoms with van der Waals surface area (Å²) in [6, 6.07) is 5.58. The van der Waals surface area contributed by atoms with Gasteiger partial charge in [-0.1, -0.05) is 24.2 Å². The summed E-state index contributed by atoms with van der Waals surface area (Å²) in [5.41, 5.74) is 3.39. The second-order valence-corrected chi connectivity index (χ2v) is 12.0. The van der Waals surface area contributed by atoms with E-state index in [9.17, 15) is 22.4 Å². The molecular formula is C27H24ClF2N7O4S. The smallest absolute Gasteiger partial charge is 0.355 e. The van der Waals surface area contributed by atoms with Crippen molar-refractivity contribution in [3.8, 4) is 16.9 Å². The maximum absolute atomic E-state index is 15.8. The van der Waals surface area contributed by atoms with Gasteiger partial charge in [-0.2, -0.15) is 4.98 Å². The molecule has 4 heterocycles. The van der Waals surface area contributed by atoms with Gasteiger partial charge >= 0.3 is 5.69 Å². The Kier molecular flexibility index (Phi) is 7.45. The number of carbonyl (C=O) groups is 1. The molecule has 3 aromatic heterocycles. The summed E-state index contributed by atoms with van der Waals surface area (Å²) < 4.78 is 57.0. The first-order valence-electron chi connectivity index (χ1n) is 12.5. The van der Waals surface area contributed by atoms with E-state index < -0.39 is 32.9 Å². The van der Waals surface area contributed by atoms with Crippen molar-refractivity contribution in [1.29, 1.82) is 0 Å². The minimum atomic E-state index is -3.98. The van der Waals surface area contributed by atoms with Crippen LogP contribution in [-0.4, -0.2) is 70.7 Å². The molecule has 0 spiro atoms. The van der Waals surface area contributed by atoms with E-state index in [0.717, 1.165) is 35.2 Å². The van der Waals surface area contributed by atoms with E-state index in [1.165, 1.54) is 18.2 Å². The minimum absolute atomic E-state index is 0.000443. The van der Waals surface area contributed by atoms with Crippen LogP contribution in [0.3, 0.4) is 0 Å². The molecule has 0 bridgehead atoms. The molecule has 1 aliphatic heterocycles. The summed E-state index contributed by atoms with van der Waals surface area (Å²) in [6.07, 6.45) is 3.27. The van der Waals surface area contributed by atoms with Crippen LogP contribution in [0.2, 0.25) is 5.15 Å². The van der Waals surface area contributed by atoms with E-state index in [-0.39, 0.29) is 75.4 Å². The predicted molar refractivity (Wildman–Crippen MR) is 154 cm³/mol. The van der Waals surface area contributed by atoms with Crippen molar-refractivity contribution in [3.05, 3.63) is 76.5 Å². The van der Waals surface area contributed by atoms with Crippen LogP contribution in [0.5, 0.6) is 0 Å². The van der Waals surface area contributed by atoms with Crippen LogP contribution in [0.1, 0.15) is 6.92 Å². The number of sulfone groups is 1. The molecule has 0 radical (unpaired) electrons. The van der Waals surface area contributed by atoms with E-state index in [1.54, 1.807) is 16.7 Å². The normalized spacial score (nSPS) is 15.7. The summed E-state index contributed by atoms with van der Waals surface area (Å²) in [6.45, 7) is 6.03. The van der Waals surface area contributed by atoms with E-state index in [0.29, 0.717) is 0 Å².